The molecule has 4 rings (SSSR count). The van der Waals surface area contributed by atoms with Gasteiger partial charge < -0.3 is 0 Å². The fraction of sp³-hybridized carbons (Fsp3) is 0.136. The van der Waals surface area contributed by atoms with Gasteiger partial charge in [0.05, 0.1) is 6.04 Å². The van der Waals surface area contributed by atoms with Crippen molar-refractivity contribution < 1.29 is 9.63 Å². The summed E-state index contributed by atoms with van der Waals surface area (Å²) in [7, 11) is 0. The van der Waals surface area contributed by atoms with E-state index >= 15 is 0 Å². The topological polar surface area (TPSA) is 29.5 Å². The molecule has 0 aliphatic carbocycles. The zero-order valence-electron chi connectivity index (χ0n) is 13.8. The number of carbonyl (C=O) groups excluding carboxylic acids is 1. The van der Waals surface area contributed by atoms with Crippen molar-refractivity contribution >= 4 is 5.91 Å². The number of nitrogens with zero attached hydrogens (tertiary/aromatic N) is 1. The summed E-state index contributed by atoms with van der Waals surface area (Å²) in [5, 5.41) is 1.54. The summed E-state index contributed by atoms with van der Waals surface area (Å²) in [6.45, 7) is 0. The van der Waals surface area contributed by atoms with Gasteiger partial charge in [-0.15, -0.1) is 0 Å². The predicted molar refractivity (Wildman–Crippen MR) is 96.7 cm³/mol. The van der Waals surface area contributed by atoms with Crippen molar-refractivity contribution in [1.82, 2.24) is 5.06 Å². The van der Waals surface area contributed by atoms with Gasteiger partial charge in [-0.3, -0.25) is 9.63 Å². The Morgan fingerprint density at radius 1 is 0.760 bits per heavy atom. The lowest BCUT2D eigenvalue weighted by Gasteiger charge is -2.23. The molecule has 1 aliphatic rings. The maximum absolute atomic E-state index is 13.0. The van der Waals surface area contributed by atoms with Gasteiger partial charge in [0.25, 0.3) is 5.91 Å². The number of amides is 1. The number of hydroxylamine groups is 2. The first-order chi connectivity index (χ1) is 12.3. The second kappa shape index (κ2) is 6.91. The van der Waals surface area contributed by atoms with E-state index in [1.165, 1.54) is 0 Å². The molecule has 3 aromatic carbocycles. The second-order valence-electron chi connectivity index (χ2n) is 6.16. The minimum absolute atomic E-state index is 0.0980. The van der Waals surface area contributed by atoms with Gasteiger partial charge in [-0.2, -0.15) is 0 Å². The highest BCUT2D eigenvalue weighted by Crippen LogP contribution is 2.42. The van der Waals surface area contributed by atoms with Gasteiger partial charge >= 0.3 is 0 Å². The lowest BCUT2D eigenvalue weighted by Crippen LogP contribution is -2.29. The van der Waals surface area contributed by atoms with Crippen LogP contribution >= 0.6 is 0 Å². The predicted octanol–water partition coefficient (Wildman–Crippen LogP) is 4.95. The second-order valence-corrected chi connectivity index (χ2v) is 6.16. The monoisotopic (exact) mass is 329 g/mol. The zero-order valence-corrected chi connectivity index (χ0v) is 13.8. The largest absolute Gasteiger partial charge is 0.278 e. The molecular formula is C22H19NO2. The summed E-state index contributed by atoms with van der Waals surface area (Å²) in [5.41, 5.74) is 2.81. The molecule has 0 N–H and O–H groups in total. The molecular weight excluding hydrogens is 310 g/mol. The number of hydrogen-bond donors (Lipinski definition) is 0. The van der Waals surface area contributed by atoms with Gasteiger partial charge in [0.2, 0.25) is 0 Å². The van der Waals surface area contributed by atoms with Crippen LogP contribution in [0, 0.1) is 0 Å². The third-order valence-electron chi connectivity index (χ3n) is 4.54. The Balaban J connectivity index is 1.68. The van der Waals surface area contributed by atoms with Crippen molar-refractivity contribution in [3.05, 3.63) is 108 Å². The van der Waals surface area contributed by atoms with E-state index in [9.17, 15) is 4.79 Å². The third-order valence-corrected chi connectivity index (χ3v) is 4.54. The molecule has 1 fully saturated rings. The average Bonchev–Trinajstić information content (AvgIpc) is 3.15. The zero-order chi connectivity index (χ0) is 17.1. The maximum atomic E-state index is 13.0. The summed E-state index contributed by atoms with van der Waals surface area (Å²) in [4.78, 5) is 19.1. The smallest absolute Gasteiger partial charge is 0.267 e. The molecule has 0 unspecified atom stereocenters. The molecule has 3 heteroatoms. The molecule has 124 valence electrons. The van der Waals surface area contributed by atoms with Gasteiger partial charge in [-0.25, -0.2) is 5.06 Å². The molecule has 3 nitrogen and oxygen atoms in total. The lowest BCUT2D eigenvalue weighted by molar-refractivity contribution is -0.129. The van der Waals surface area contributed by atoms with E-state index in [-0.39, 0.29) is 18.1 Å². The highest BCUT2D eigenvalue weighted by Gasteiger charge is 2.38. The molecule has 0 aromatic heterocycles. The van der Waals surface area contributed by atoms with Crippen molar-refractivity contribution in [3.8, 4) is 0 Å². The number of hydrogen-bond acceptors (Lipinski definition) is 2. The van der Waals surface area contributed by atoms with Crippen LogP contribution in [0.3, 0.4) is 0 Å². The first kappa shape index (κ1) is 15.6. The van der Waals surface area contributed by atoms with Crippen LogP contribution in [-0.4, -0.2) is 11.0 Å². The Morgan fingerprint density at radius 3 is 1.88 bits per heavy atom. The van der Waals surface area contributed by atoms with E-state index in [0.717, 1.165) is 17.5 Å². The molecule has 0 spiro atoms. The van der Waals surface area contributed by atoms with E-state index in [2.05, 4.69) is 0 Å². The molecule has 0 radical (unpaired) electrons. The summed E-state index contributed by atoms with van der Waals surface area (Å²) in [6, 6.07) is 29.3. The normalized spacial score (nSPS) is 19.8. The fourth-order valence-corrected chi connectivity index (χ4v) is 3.26. The first-order valence-electron chi connectivity index (χ1n) is 8.48. The SMILES string of the molecule is O=C(c1ccccc1)N1O[C@@H](c2ccccc2)C[C@H]1c1ccccc1. The van der Waals surface area contributed by atoms with E-state index in [1.807, 2.05) is 91.0 Å². The van der Waals surface area contributed by atoms with Crippen molar-refractivity contribution in [2.75, 3.05) is 0 Å². The van der Waals surface area contributed by atoms with Crippen molar-refractivity contribution in [3.63, 3.8) is 0 Å². The fourth-order valence-electron chi connectivity index (χ4n) is 3.26. The van der Waals surface area contributed by atoms with Crippen LogP contribution in [0.1, 0.15) is 40.1 Å². The first-order valence-corrected chi connectivity index (χ1v) is 8.48. The molecule has 1 amide bonds. The van der Waals surface area contributed by atoms with E-state index in [4.69, 9.17) is 4.84 Å². The minimum atomic E-state index is -0.126. The summed E-state index contributed by atoms with van der Waals surface area (Å²) >= 11 is 0. The van der Waals surface area contributed by atoms with Crippen molar-refractivity contribution in [2.24, 2.45) is 0 Å². The van der Waals surface area contributed by atoms with Gasteiger partial charge in [0, 0.05) is 12.0 Å². The molecule has 1 aliphatic heterocycles. The van der Waals surface area contributed by atoms with E-state index < -0.39 is 0 Å². The number of carbonyl (C=O) groups is 1. The Hall–Kier alpha value is -2.91. The Bertz CT molecular complexity index is 834. The number of benzene rings is 3. The van der Waals surface area contributed by atoms with Crippen LogP contribution < -0.4 is 0 Å². The number of rotatable bonds is 3. The molecule has 2 atom stereocenters. The van der Waals surface area contributed by atoms with Crippen molar-refractivity contribution in [1.29, 1.82) is 0 Å². The van der Waals surface area contributed by atoms with Crippen LogP contribution in [0.5, 0.6) is 0 Å². The summed E-state index contributed by atoms with van der Waals surface area (Å²) in [6.07, 6.45) is 0.617. The Labute approximate surface area is 147 Å². The van der Waals surface area contributed by atoms with Crippen molar-refractivity contribution in [2.45, 2.75) is 18.6 Å². The molecule has 25 heavy (non-hydrogen) atoms. The molecule has 1 heterocycles. The Morgan fingerprint density at radius 2 is 1.28 bits per heavy atom. The quantitative estimate of drug-likeness (QED) is 0.680. The molecule has 0 bridgehead atoms. The van der Waals surface area contributed by atoms with Gasteiger partial charge in [0.15, 0.2) is 0 Å². The molecule has 1 saturated heterocycles. The van der Waals surface area contributed by atoms with Crippen LogP contribution in [0.15, 0.2) is 91.0 Å². The highest BCUT2D eigenvalue weighted by atomic mass is 16.7. The minimum Gasteiger partial charge on any atom is -0.267 e. The van der Waals surface area contributed by atoms with Gasteiger partial charge in [-0.05, 0) is 23.3 Å². The van der Waals surface area contributed by atoms with Gasteiger partial charge in [0.1, 0.15) is 6.10 Å². The van der Waals surface area contributed by atoms with Crippen LogP contribution in [-0.2, 0) is 4.84 Å². The average molecular weight is 329 g/mol. The van der Waals surface area contributed by atoms with Crippen LogP contribution in [0.4, 0.5) is 0 Å². The maximum Gasteiger partial charge on any atom is 0.278 e. The lowest BCUT2D eigenvalue weighted by atomic mass is 9.98. The molecule has 0 saturated carbocycles. The standard InChI is InChI=1S/C22H19NO2/c24-22(19-14-8-3-9-15-19)23-20(17-10-4-1-5-11-17)16-21(25-23)18-12-6-2-7-13-18/h1-15,20-21H,16H2/t20-,21+/m0/s1. The highest BCUT2D eigenvalue weighted by molar-refractivity contribution is 5.93. The van der Waals surface area contributed by atoms with Gasteiger partial charge in [-0.1, -0.05) is 78.9 Å². The summed E-state index contributed by atoms with van der Waals surface area (Å²) in [5.74, 6) is -0.104. The third kappa shape index (κ3) is 3.19. The van der Waals surface area contributed by atoms with E-state index in [1.54, 1.807) is 5.06 Å². The van der Waals surface area contributed by atoms with Crippen LogP contribution in [0.2, 0.25) is 0 Å². The molecule has 3 aromatic rings. The van der Waals surface area contributed by atoms with Crippen LogP contribution in [0.25, 0.3) is 0 Å². The Kier molecular flexibility index (Phi) is 4.32. The summed E-state index contributed by atoms with van der Waals surface area (Å²) < 4.78 is 0. The van der Waals surface area contributed by atoms with E-state index in [0.29, 0.717) is 5.56 Å².